The minimum Gasteiger partial charge on any atom is -0.468 e. The Balaban J connectivity index is 2.23. The van der Waals surface area contributed by atoms with E-state index in [1.54, 1.807) is 4.90 Å². The van der Waals surface area contributed by atoms with Gasteiger partial charge in [-0.05, 0) is 30.7 Å². The smallest absolute Gasteiger partial charge is 0.325 e. The fraction of sp³-hybridized carbons (Fsp3) is 0.571. The highest BCUT2D eigenvalue weighted by Gasteiger charge is 2.31. The van der Waals surface area contributed by atoms with Crippen molar-refractivity contribution in [1.29, 1.82) is 0 Å². The van der Waals surface area contributed by atoms with Crippen LogP contribution in [0.1, 0.15) is 40.9 Å². The molecule has 2 rings (SSSR count). The topological polar surface area (TPSA) is 46.6 Å². The van der Waals surface area contributed by atoms with Crippen molar-refractivity contribution in [1.82, 2.24) is 4.90 Å². The number of hydrogen-bond donors (Lipinski definition) is 0. The Hall–Kier alpha value is -1.07. The van der Waals surface area contributed by atoms with E-state index in [9.17, 15) is 9.59 Å². The van der Waals surface area contributed by atoms with Gasteiger partial charge < -0.3 is 9.64 Å². The highest BCUT2D eigenvalue weighted by Crippen LogP contribution is 2.31. The summed E-state index contributed by atoms with van der Waals surface area (Å²) in [6, 6.07) is 0.111. The molecule has 1 heterocycles. The third kappa shape index (κ3) is 3.15. The van der Waals surface area contributed by atoms with E-state index >= 15 is 0 Å². The maximum absolute atomic E-state index is 12.7. The van der Waals surface area contributed by atoms with Crippen LogP contribution in [0.3, 0.4) is 0 Å². The molecule has 0 N–H and O–H groups in total. The quantitative estimate of drug-likeness (QED) is 0.801. The molecule has 0 bridgehead atoms. The van der Waals surface area contributed by atoms with Crippen molar-refractivity contribution in [2.75, 3.05) is 13.7 Å². The normalized spacial score (nSPS) is 15.3. The Morgan fingerprint density at radius 1 is 1.45 bits per heavy atom. The lowest BCUT2D eigenvalue weighted by Gasteiger charge is -2.27. The maximum Gasteiger partial charge on any atom is 0.325 e. The average Bonchev–Trinajstić information content (AvgIpc) is 3.07. The molecule has 1 fully saturated rings. The van der Waals surface area contributed by atoms with Gasteiger partial charge in [0, 0.05) is 6.04 Å². The van der Waals surface area contributed by atoms with Gasteiger partial charge in [0.2, 0.25) is 0 Å². The molecule has 0 atom stereocenters. The highest BCUT2D eigenvalue weighted by atomic mass is 35.5. The van der Waals surface area contributed by atoms with Gasteiger partial charge in [0.25, 0.3) is 5.91 Å². The lowest BCUT2D eigenvalue weighted by molar-refractivity contribution is -0.141. The predicted molar refractivity (Wildman–Crippen MR) is 79.4 cm³/mol. The van der Waals surface area contributed by atoms with Gasteiger partial charge in [-0.1, -0.05) is 24.4 Å². The first-order valence-corrected chi connectivity index (χ1v) is 7.91. The molecule has 0 spiro atoms. The van der Waals surface area contributed by atoms with Gasteiger partial charge in [-0.15, -0.1) is 11.3 Å². The number of rotatable bonds is 4. The number of halogens is 1. The van der Waals surface area contributed by atoms with E-state index in [4.69, 9.17) is 16.3 Å². The second kappa shape index (κ2) is 6.59. The Labute approximate surface area is 127 Å². The summed E-state index contributed by atoms with van der Waals surface area (Å²) in [6.45, 7) is 1.86. The van der Waals surface area contributed by atoms with E-state index in [-0.39, 0.29) is 18.5 Å². The van der Waals surface area contributed by atoms with Crippen LogP contribution in [0, 0.1) is 6.92 Å². The van der Waals surface area contributed by atoms with Gasteiger partial charge in [-0.3, -0.25) is 9.59 Å². The summed E-state index contributed by atoms with van der Waals surface area (Å²) in [5.41, 5.74) is 0.893. The highest BCUT2D eigenvalue weighted by molar-refractivity contribution is 7.13. The molecular weight excluding hydrogens is 298 g/mol. The molecule has 6 heteroatoms. The molecule has 1 aromatic heterocycles. The minimum absolute atomic E-state index is 0.00667. The van der Waals surface area contributed by atoms with Gasteiger partial charge in [0.05, 0.1) is 12.1 Å². The van der Waals surface area contributed by atoms with Gasteiger partial charge in [0.1, 0.15) is 11.4 Å². The number of methoxy groups -OCH3 is 1. The maximum atomic E-state index is 12.7. The zero-order valence-corrected chi connectivity index (χ0v) is 13.2. The standard InChI is InChI=1S/C14H18ClNO3S/c1-9-8-20-13(12(9)15)14(18)16(7-11(17)19-2)10-5-3-4-6-10/h8,10H,3-7H2,1-2H3. The van der Waals surface area contributed by atoms with E-state index in [2.05, 4.69) is 0 Å². The van der Waals surface area contributed by atoms with Gasteiger partial charge in [0.15, 0.2) is 0 Å². The van der Waals surface area contributed by atoms with Crippen LogP contribution in [0.5, 0.6) is 0 Å². The summed E-state index contributed by atoms with van der Waals surface area (Å²) in [5.74, 6) is -0.556. The molecule has 1 amide bonds. The molecule has 20 heavy (non-hydrogen) atoms. The summed E-state index contributed by atoms with van der Waals surface area (Å²) in [7, 11) is 1.34. The third-order valence-electron chi connectivity index (χ3n) is 3.65. The summed E-state index contributed by atoms with van der Waals surface area (Å²) < 4.78 is 4.70. The lowest BCUT2D eigenvalue weighted by Crippen LogP contribution is -2.42. The van der Waals surface area contributed by atoms with E-state index in [1.165, 1.54) is 18.4 Å². The van der Waals surface area contributed by atoms with Crippen molar-refractivity contribution in [3.05, 3.63) is 20.8 Å². The first-order valence-electron chi connectivity index (χ1n) is 6.66. The zero-order valence-electron chi connectivity index (χ0n) is 11.6. The number of aryl methyl sites for hydroxylation is 1. The van der Waals surface area contributed by atoms with Crippen LogP contribution in [0.2, 0.25) is 5.02 Å². The molecule has 0 aliphatic heterocycles. The SMILES string of the molecule is COC(=O)CN(C(=O)c1scc(C)c1Cl)C1CCCC1. The Kier molecular flexibility index (Phi) is 5.05. The number of esters is 1. The number of carbonyl (C=O) groups is 2. The molecule has 1 aliphatic carbocycles. The number of hydrogen-bond acceptors (Lipinski definition) is 4. The monoisotopic (exact) mass is 315 g/mol. The number of carbonyl (C=O) groups excluding carboxylic acids is 2. The lowest BCUT2D eigenvalue weighted by atomic mass is 10.2. The predicted octanol–water partition coefficient (Wildman–Crippen LogP) is 3.27. The molecule has 110 valence electrons. The third-order valence-corrected chi connectivity index (χ3v) is 5.33. The minimum atomic E-state index is -0.394. The summed E-state index contributed by atoms with van der Waals surface area (Å²) in [6.07, 6.45) is 4.05. The molecular formula is C14H18ClNO3S. The van der Waals surface area contributed by atoms with Crippen LogP contribution in [-0.4, -0.2) is 36.5 Å². The van der Waals surface area contributed by atoms with E-state index in [0.29, 0.717) is 9.90 Å². The van der Waals surface area contributed by atoms with Crippen molar-refractivity contribution in [2.24, 2.45) is 0 Å². The fourth-order valence-electron chi connectivity index (χ4n) is 2.49. The van der Waals surface area contributed by atoms with Crippen LogP contribution in [0.15, 0.2) is 5.38 Å². The second-order valence-corrected chi connectivity index (χ2v) is 6.27. The Morgan fingerprint density at radius 2 is 2.10 bits per heavy atom. The number of thiophene rings is 1. The first kappa shape index (κ1) is 15.3. The van der Waals surface area contributed by atoms with E-state index < -0.39 is 5.97 Å². The van der Waals surface area contributed by atoms with Crippen molar-refractivity contribution in [3.8, 4) is 0 Å². The molecule has 0 radical (unpaired) electrons. The van der Waals surface area contributed by atoms with Crippen LogP contribution in [-0.2, 0) is 9.53 Å². The van der Waals surface area contributed by atoms with Crippen LogP contribution in [0.25, 0.3) is 0 Å². The molecule has 0 unspecified atom stereocenters. The second-order valence-electron chi connectivity index (χ2n) is 5.01. The Bertz CT molecular complexity index is 509. The first-order chi connectivity index (χ1) is 9.54. The number of ether oxygens (including phenoxy) is 1. The summed E-state index contributed by atoms with van der Waals surface area (Å²) >= 11 is 7.50. The fourth-order valence-corrected chi connectivity index (χ4v) is 3.72. The molecule has 1 saturated carbocycles. The average molecular weight is 316 g/mol. The van der Waals surface area contributed by atoms with Crippen molar-refractivity contribution in [2.45, 2.75) is 38.6 Å². The zero-order chi connectivity index (χ0) is 14.7. The van der Waals surface area contributed by atoms with E-state index in [0.717, 1.165) is 31.2 Å². The summed E-state index contributed by atoms with van der Waals surface area (Å²) in [4.78, 5) is 26.4. The molecule has 4 nitrogen and oxygen atoms in total. The largest absolute Gasteiger partial charge is 0.468 e. The summed E-state index contributed by atoms with van der Waals surface area (Å²) in [5, 5.41) is 2.36. The molecule has 1 aromatic rings. The van der Waals surface area contributed by atoms with Crippen molar-refractivity contribution in [3.63, 3.8) is 0 Å². The van der Waals surface area contributed by atoms with Gasteiger partial charge >= 0.3 is 5.97 Å². The van der Waals surface area contributed by atoms with E-state index in [1.807, 2.05) is 12.3 Å². The van der Waals surface area contributed by atoms with Gasteiger partial charge in [-0.25, -0.2) is 0 Å². The van der Waals surface area contributed by atoms with Crippen LogP contribution in [0.4, 0.5) is 0 Å². The molecule has 0 saturated heterocycles. The molecule has 0 aromatic carbocycles. The number of amides is 1. The van der Waals surface area contributed by atoms with Crippen LogP contribution >= 0.6 is 22.9 Å². The molecule has 1 aliphatic rings. The van der Waals surface area contributed by atoms with Gasteiger partial charge in [-0.2, -0.15) is 0 Å². The van der Waals surface area contributed by atoms with Crippen molar-refractivity contribution < 1.29 is 14.3 Å². The van der Waals surface area contributed by atoms with Crippen molar-refractivity contribution >= 4 is 34.8 Å². The van der Waals surface area contributed by atoms with Crippen LogP contribution < -0.4 is 0 Å². The Morgan fingerprint density at radius 3 is 2.60 bits per heavy atom. The number of nitrogens with zero attached hydrogens (tertiary/aromatic N) is 1.